The monoisotopic (exact) mass is 530 g/mol. The molecule has 1 aromatic carbocycles. The standard InChI is InChI=1S/C25H40ClN2O2PS2/c1-6-10-13-15-20-33-31(29,30-9-4)28(18-12-8-3)25(32-19-14-11-7-2)27-24-17-16-22(5)21-23(24)26/h16-17,21H,6-7,9-11,13-15,18-20H2,1-5H3. The third-order valence-electron chi connectivity index (χ3n) is 4.76. The summed E-state index contributed by atoms with van der Waals surface area (Å²) in [5.74, 6) is 7.71. The Morgan fingerprint density at radius 2 is 1.82 bits per heavy atom. The maximum absolute atomic E-state index is 14.2. The van der Waals surface area contributed by atoms with Gasteiger partial charge in [-0.3, -0.25) is 9.24 Å². The molecule has 1 aromatic rings. The van der Waals surface area contributed by atoms with Gasteiger partial charge in [0, 0.05) is 11.5 Å². The predicted molar refractivity (Wildman–Crippen MR) is 151 cm³/mol. The minimum absolute atomic E-state index is 0.304. The van der Waals surface area contributed by atoms with Crippen molar-refractivity contribution >= 4 is 52.3 Å². The van der Waals surface area contributed by atoms with Crippen molar-refractivity contribution in [3.63, 3.8) is 0 Å². The maximum Gasteiger partial charge on any atom is 0.355 e. The van der Waals surface area contributed by atoms with Crippen LogP contribution in [-0.2, 0) is 9.09 Å². The normalized spacial score (nSPS) is 13.3. The highest BCUT2D eigenvalue weighted by atomic mass is 35.5. The van der Waals surface area contributed by atoms with Crippen molar-refractivity contribution in [2.24, 2.45) is 4.99 Å². The lowest BCUT2D eigenvalue weighted by Crippen LogP contribution is -2.27. The average molecular weight is 531 g/mol. The SMILES string of the molecule is CC#CCN(C(=Nc1ccc(C)cc1Cl)SCCCCC)P(=O)(OCC)SCCCCCC. The molecular formula is C25H40ClN2O2PS2. The molecular weight excluding hydrogens is 491 g/mol. The Labute approximate surface area is 215 Å². The van der Waals surface area contributed by atoms with Crippen LogP contribution < -0.4 is 0 Å². The molecule has 0 saturated carbocycles. The Morgan fingerprint density at radius 1 is 1.12 bits per heavy atom. The van der Waals surface area contributed by atoms with Crippen molar-refractivity contribution in [1.82, 2.24) is 4.67 Å². The Bertz CT molecular complexity index is 839. The number of hydrogen-bond acceptors (Lipinski definition) is 5. The molecule has 0 fully saturated rings. The Morgan fingerprint density at radius 3 is 2.45 bits per heavy atom. The molecule has 0 aliphatic heterocycles. The number of nitrogens with zero attached hydrogens (tertiary/aromatic N) is 2. The van der Waals surface area contributed by atoms with Crippen LogP contribution in [0.15, 0.2) is 23.2 Å². The Hall–Kier alpha value is -0.570. The van der Waals surface area contributed by atoms with Gasteiger partial charge in [-0.25, -0.2) is 4.99 Å². The van der Waals surface area contributed by atoms with E-state index in [9.17, 15) is 4.57 Å². The van der Waals surface area contributed by atoms with Crippen molar-refractivity contribution in [3.8, 4) is 11.8 Å². The van der Waals surface area contributed by atoms with Crippen LogP contribution in [0, 0.1) is 18.8 Å². The first-order valence-electron chi connectivity index (χ1n) is 12.0. The molecule has 33 heavy (non-hydrogen) atoms. The number of thioether (sulfide) groups is 1. The van der Waals surface area contributed by atoms with Crippen LogP contribution in [0.2, 0.25) is 5.02 Å². The van der Waals surface area contributed by atoms with Gasteiger partial charge in [0.1, 0.15) is 0 Å². The summed E-state index contributed by atoms with van der Waals surface area (Å²) in [7, 11) is 0. The van der Waals surface area contributed by atoms with Crippen molar-refractivity contribution in [1.29, 1.82) is 0 Å². The molecule has 0 aromatic heterocycles. The van der Waals surface area contributed by atoms with E-state index >= 15 is 0 Å². The second kappa shape index (κ2) is 17.8. The minimum atomic E-state index is -3.23. The van der Waals surface area contributed by atoms with E-state index in [4.69, 9.17) is 21.1 Å². The van der Waals surface area contributed by atoms with Crippen molar-refractivity contribution in [2.45, 2.75) is 79.6 Å². The van der Waals surface area contributed by atoms with Crippen LogP contribution in [0.5, 0.6) is 0 Å². The zero-order valence-corrected chi connectivity index (χ0v) is 24.1. The summed E-state index contributed by atoms with van der Waals surface area (Å²) in [6.07, 6.45) is 7.88. The number of aliphatic imine (C=N–C) groups is 1. The fraction of sp³-hybridized carbons (Fsp3) is 0.640. The second-order valence-electron chi connectivity index (χ2n) is 7.67. The fourth-order valence-corrected chi connectivity index (χ4v) is 8.97. The van der Waals surface area contributed by atoms with E-state index in [0.29, 0.717) is 29.0 Å². The lowest BCUT2D eigenvalue weighted by Gasteiger charge is -2.31. The summed E-state index contributed by atoms with van der Waals surface area (Å²) in [6, 6.07) is 5.81. The number of unbranched alkanes of at least 4 members (excludes halogenated alkanes) is 5. The predicted octanol–water partition coefficient (Wildman–Crippen LogP) is 9.34. The summed E-state index contributed by atoms with van der Waals surface area (Å²) < 4.78 is 21.9. The van der Waals surface area contributed by atoms with Crippen molar-refractivity contribution < 1.29 is 9.09 Å². The van der Waals surface area contributed by atoms with Crippen LogP contribution in [0.3, 0.4) is 0 Å². The van der Waals surface area contributed by atoms with E-state index in [0.717, 1.165) is 49.2 Å². The van der Waals surface area contributed by atoms with E-state index in [2.05, 4.69) is 25.7 Å². The van der Waals surface area contributed by atoms with Gasteiger partial charge >= 0.3 is 6.72 Å². The largest absolute Gasteiger partial charge is 0.355 e. The number of amidine groups is 1. The molecule has 0 radical (unpaired) electrons. The van der Waals surface area contributed by atoms with Gasteiger partial charge in [-0.2, -0.15) is 0 Å². The van der Waals surface area contributed by atoms with Crippen LogP contribution in [0.4, 0.5) is 5.69 Å². The number of rotatable bonds is 15. The molecule has 8 heteroatoms. The maximum atomic E-state index is 14.2. The summed E-state index contributed by atoms with van der Waals surface area (Å²) in [4.78, 5) is 4.90. The summed E-state index contributed by atoms with van der Waals surface area (Å²) in [5, 5.41) is 1.25. The average Bonchev–Trinajstić information content (AvgIpc) is 2.78. The van der Waals surface area contributed by atoms with Gasteiger partial charge in [0.25, 0.3) is 0 Å². The molecule has 0 amide bonds. The van der Waals surface area contributed by atoms with E-state index in [1.165, 1.54) is 24.2 Å². The van der Waals surface area contributed by atoms with Crippen molar-refractivity contribution in [2.75, 3.05) is 24.7 Å². The van der Waals surface area contributed by atoms with Gasteiger partial charge < -0.3 is 4.52 Å². The molecule has 0 saturated heterocycles. The zero-order valence-electron chi connectivity index (χ0n) is 20.9. The van der Waals surface area contributed by atoms with Gasteiger partial charge in [-0.15, -0.1) is 5.92 Å². The topological polar surface area (TPSA) is 41.9 Å². The summed E-state index contributed by atoms with van der Waals surface area (Å²) in [5.41, 5.74) is 1.75. The molecule has 0 spiro atoms. The van der Waals surface area contributed by atoms with E-state index < -0.39 is 6.72 Å². The molecule has 1 rings (SSSR count). The summed E-state index contributed by atoms with van der Waals surface area (Å²) in [6.45, 7) is 7.51. The van der Waals surface area contributed by atoms with Gasteiger partial charge in [-0.05, 0) is 62.7 Å². The van der Waals surface area contributed by atoms with Crippen molar-refractivity contribution in [3.05, 3.63) is 28.8 Å². The van der Waals surface area contributed by atoms with Gasteiger partial charge in [0.15, 0.2) is 5.17 Å². The third-order valence-corrected chi connectivity index (χ3v) is 11.0. The van der Waals surface area contributed by atoms with Crippen LogP contribution in [0.25, 0.3) is 0 Å². The quantitative estimate of drug-likeness (QED) is 0.0742. The third kappa shape index (κ3) is 11.6. The first kappa shape index (κ1) is 30.5. The second-order valence-corrected chi connectivity index (χ2v) is 13.6. The lowest BCUT2D eigenvalue weighted by atomic mass is 10.2. The van der Waals surface area contributed by atoms with Gasteiger partial charge in [-0.1, -0.05) is 81.3 Å². The number of halogens is 1. The minimum Gasteiger partial charge on any atom is -0.306 e. The molecule has 0 N–H and O–H groups in total. The molecule has 0 heterocycles. The molecule has 1 unspecified atom stereocenters. The first-order chi connectivity index (χ1) is 15.9. The first-order valence-corrected chi connectivity index (χ1v) is 16.5. The zero-order chi connectivity index (χ0) is 24.5. The van der Waals surface area contributed by atoms with E-state index in [-0.39, 0.29) is 0 Å². The van der Waals surface area contributed by atoms with Crippen LogP contribution in [-0.4, -0.2) is 34.5 Å². The fourth-order valence-electron chi connectivity index (χ4n) is 2.95. The highest BCUT2D eigenvalue weighted by Gasteiger charge is 2.35. The Balaban J connectivity index is 3.34. The molecule has 4 nitrogen and oxygen atoms in total. The highest BCUT2D eigenvalue weighted by Crippen LogP contribution is 2.63. The van der Waals surface area contributed by atoms with Gasteiger partial charge in [0.2, 0.25) is 0 Å². The van der Waals surface area contributed by atoms with Crippen LogP contribution >= 0.6 is 41.5 Å². The van der Waals surface area contributed by atoms with Crippen LogP contribution in [0.1, 0.15) is 78.2 Å². The number of benzene rings is 1. The molecule has 0 aliphatic carbocycles. The molecule has 1 atom stereocenters. The molecule has 0 bridgehead atoms. The number of aryl methyl sites for hydroxylation is 1. The smallest absolute Gasteiger partial charge is 0.306 e. The summed E-state index contributed by atoms with van der Waals surface area (Å²) >= 11 is 9.53. The number of hydrogen-bond donors (Lipinski definition) is 0. The Kier molecular flexibility index (Phi) is 16.4. The van der Waals surface area contributed by atoms with E-state index in [1.807, 2.05) is 32.0 Å². The molecule has 186 valence electrons. The van der Waals surface area contributed by atoms with E-state index in [1.54, 1.807) is 23.4 Å². The molecule has 0 aliphatic rings. The van der Waals surface area contributed by atoms with Gasteiger partial charge in [0.05, 0.1) is 23.9 Å². The lowest BCUT2D eigenvalue weighted by molar-refractivity contribution is 0.321. The highest BCUT2D eigenvalue weighted by molar-refractivity contribution is 8.56.